The molecule has 0 atom stereocenters. The standard InChI is InChI=1S/C23H23ClN4O4S.ClH/c1-15-12-16(24)13-19-21(15)25-22(33-19)27(7-6-26-8-10-31-11-9-26)20(29)14-28-17-4-2-3-5-18(17)32-23(28)30;/h2-5,12-13H,6-11,14H2,1H3;1H. The van der Waals surface area contributed by atoms with E-state index in [0.717, 1.165) is 28.9 Å². The Morgan fingerprint density at radius 1 is 1.24 bits per heavy atom. The van der Waals surface area contributed by atoms with Crippen LogP contribution in [-0.2, 0) is 16.1 Å². The number of thiazole rings is 1. The summed E-state index contributed by atoms with van der Waals surface area (Å²) in [6.07, 6.45) is 0. The van der Waals surface area contributed by atoms with Crippen LogP contribution in [0, 0.1) is 6.92 Å². The van der Waals surface area contributed by atoms with Crippen molar-refractivity contribution < 1.29 is 13.9 Å². The Morgan fingerprint density at radius 2 is 2.00 bits per heavy atom. The molecule has 0 N–H and O–H groups in total. The normalized spacial score (nSPS) is 14.4. The van der Waals surface area contributed by atoms with E-state index in [2.05, 4.69) is 4.90 Å². The number of aryl methyl sites for hydroxylation is 1. The van der Waals surface area contributed by atoms with Gasteiger partial charge < -0.3 is 9.15 Å². The van der Waals surface area contributed by atoms with Gasteiger partial charge in [0.25, 0.3) is 0 Å². The van der Waals surface area contributed by atoms with Crippen LogP contribution in [0.25, 0.3) is 21.3 Å². The molecule has 5 rings (SSSR count). The van der Waals surface area contributed by atoms with Crippen molar-refractivity contribution in [3.8, 4) is 0 Å². The number of hydrogen-bond donors (Lipinski definition) is 0. The minimum absolute atomic E-state index is 0. The summed E-state index contributed by atoms with van der Waals surface area (Å²) in [5.74, 6) is -0.774. The van der Waals surface area contributed by atoms with E-state index in [1.807, 2.05) is 25.1 Å². The molecule has 1 amide bonds. The van der Waals surface area contributed by atoms with Crippen LogP contribution in [0.2, 0.25) is 5.02 Å². The first-order chi connectivity index (χ1) is 16.0. The highest BCUT2D eigenvalue weighted by molar-refractivity contribution is 7.22. The van der Waals surface area contributed by atoms with Crippen molar-refractivity contribution in [3.63, 3.8) is 0 Å². The number of morpholine rings is 1. The van der Waals surface area contributed by atoms with E-state index in [4.69, 9.17) is 25.7 Å². The summed E-state index contributed by atoms with van der Waals surface area (Å²) in [4.78, 5) is 34.7. The molecule has 180 valence electrons. The third-order valence-corrected chi connectivity index (χ3v) is 7.03. The van der Waals surface area contributed by atoms with Crippen LogP contribution >= 0.6 is 35.3 Å². The van der Waals surface area contributed by atoms with Gasteiger partial charge in [0.2, 0.25) is 5.91 Å². The van der Waals surface area contributed by atoms with Crippen LogP contribution in [0.15, 0.2) is 45.6 Å². The first kappa shape index (κ1) is 24.7. The molecule has 4 aromatic rings. The summed E-state index contributed by atoms with van der Waals surface area (Å²) < 4.78 is 13.0. The Hall–Kier alpha value is -2.43. The van der Waals surface area contributed by atoms with E-state index in [1.54, 1.807) is 23.1 Å². The van der Waals surface area contributed by atoms with Crippen molar-refractivity contribution >= 4 is 67.7 Å². The third-order valence-electron chi connectivity index (χ3n) is 5.78. The molecule has 2 aromatic heterocycles. The fraction of sp³-hybridized carbons (Fsp3) is 0.348. The van der Waals surface area contributed by atoms with Crippen molar-refractivity contribution in [2.75, 3.05) is 44.3 Å². The first-order valence-corrected chi connectivity index (χ1v) is 11.9. The molecular formula is C23H24Cl2N4O4S. The average Bonchev–Trinajstić information content (AvgIpc) is 3.36. The zero-order chi connectivity index (χ0) is 22.9. The average molecular weight is 523 g/mol. The van der Waals surface area contributed by atoms with Gasteiger partial charge in [0.05, 0.1) is 28.9 Å². The minimum atomic E-state index is -0.551. The zero-order valence-corrected chi connectivity index (χ0v) is 20.9. The molecule has 1 aliphatic heterocycles. The van der Waals surface area contributed by atoms with E-state index in [0.29, 0.717) is 47.6 Å². The summed E-state index contributed by atoms with van der Waals surface area (Å²) in [5, 5.41) is 1.23. The second-order valence-corrected chi connectivity index (χ2v) is 9.43. The molecule has 0 bridgehead atoms. The van der Waals surface area contributed by atoms with E-state index < -0.39 is 5.76 Å². The second-order valence-electron chi connectivity index (χ2n) is 7.99. The molecule has 1 aliphatic rings. The number of anilines is 1. The van der Waals surface area contributed by atoms with Crippen molar-refractivity contribution in [1.29, 1.82) is 0 Å². The number of nitrogens with zero attached hydrogens (tertiary/aromatic N) is 4. The van der Waals surface area contributed by atoms with Crippen LogP contribution in [0.1, 0.15) is 5.56 Å². The summed E-state index contributed by atoms with van der Waals surface area (Å²) in [6.45, 7) is 5.97. The van der Waals surface area contributed by atoms with E-state index >= 15 is 0 Å². The Kier molecular flexibility index (Phi) is 7.59. The van der Waals surface area contributed by atoms with Gasteiger partial charge in [-0.2, -0.15) is 0 Å². The Labute approximate surface area is 211 Å². The molecule has 3 heterocycles. The molecule has 1 fully saturated rings. The van der Waals surface area contributed by atoms with Gasteiger partial charge in [0.15, 0.2) is 10.7 Å². The molecule has 34 heavy (non-hydrogen) atoms. The Bertz CT molecular complexity index is 1380. The predicted octanol–water partition coefficient (Wildman–Crippen LogP) is 3.95. The molecule has 2 aromatic carbocycles. The maximum absolute atomic E-state index is 13.5. The summed E-state index contributed by atoms with van der Waals surface area (Å²) >= 11 is 7.66. The molecule has 0 spiro atoms. The van der Waals surface area contributed by atoms with Crippen LogP contribution < -0.4 is 10.7 Å². The number of benzene rings is 2. The molecule has 0 unspecified atom stereocenters. The lowest BCUT2D eigenvalue weighted by molar-refractivity contribution is -0.119. The van der Waals surface area contributed by atoms with E-state index in [1.165, 1.54) is 15.9 Å². The maximum atomic E-state index is 13.5. The summed E-state index contributed by atoms with van der Waals surface area (Å²) in [7, 11) is 0. The maximum Gasteiger partial charge on any atom is 0.420 e. The highest BCUT2D eigenvalue weighted by Crippen LogP contribution is 2.33. The number of carbonyl (C=O) groups excluding carboxylic acids is 1. The molecule has 11 heteroatoms. The summed E-state index contributed by atoms with van der Waals surface area (Å²) in [6, 6.07) is 10.8. The van der Waals surface area contributed by atoms with E-state index in [9.17, 15) is 9.59 Å². The first-order valence-electron chi connectivity index (χ1n) is 10.7. The number of para-hydroxylation sites is 2. The molecule has 0 aliphatic carbocycles. The lowest BCUT2D eigenvalue weighted by Crippen LogP contribution is -2.44. The third kappa shape index (κ3) is 4.99. The molecular weight excluding hydrogens is 499 g/mol. The van der Waals surface area contributed by atoms with Crippen molar-refractivity contribution in [1.82, 2.24) is 14.5 Å². The smallest absolute Gasteiger partial charge is 0.408 e. The number of ether oxygens (including phenoxy) is 1. The molecule has 1 saturated heterocycles. The van der Waals surface area contributed by atoms with Gasteiger partial charge in [-0.15, -0.1) is 12.4 Å². The lowest BCUT2D eigenvalue weighted by atomic mass is 10.2. The number of aromatic nitrogens is 2. The van der Waals surface area contributed by atoms with Crippen molar-refractivity contribution in [2.45, 2.75) is 13.5 Å². The summed E-state index contributed by atoms with van der Waals surface area (Å²) in [5.41, 5.74) is 2.84. The quantitative estimate of drug-likeness (QED) is 0.381. The number of carbonyl (C=O) groups is 1. The number of fused-ring (bicyclic) bond motifs is 2. The van der Waals surface area contributed by atoms with Gasteiger partial charge in [-0.05, 0) is 36.8 Å². The van der Waals surface area contributed by atoms with Gasteiger partial charge in [0.1, 0.15) is 6.54 Å². The number of halogens is 2. The van der Waals surface area contributed by atoms with Crippen LogP contribution in [0.3, 0.4) is 0 Å². The minimum Gasteiger partial charge on any atom is -0.408 e. The van der Waals surface area contributed by atoms with Crippen LogP contribution in [0.4, 0.5) is 5.13 Å². The molecule has 0 radical (unpaired) electrons. The largest absolute Gasteiger partial charge is 0.420 e. The SMILES string of the molecule is Cc1cc(Cl)cc2sc(N(CCN3CCOCC3)C(=O)Cn3c(=O)oc4ccccc43)nc12.Cl. The Balaban J connectivity index is 0.00000274. The highest BCUT2D eigenvalue weighted by Gasteiger charge is 2.24. The number of oxazole rings is 1. The lowest BCUT2D eigenvalue weighted by Gasteiger charge is -2.29. The van der Waals surface area contributed by atoms with Gasteiger partial charge in [-0.25, -0.2) is 9.78 Å². The highest BCUT2D eigenvalue weighted by atomic mass is 35.5. The van der Waals surface area contributed by atoms with Crippen LogP contribution in [-0.4, -0.2) is 59.8 Å². The molecule has 8 nitrogen and oxygen atoms in total. The Morgan fingerprint density at radius 3 is 2.79 bits per heavy atom. The van der Waals surface area contributed by atoms with Crippen LogP contribution in [0.5, 0.6) is 0 Å². The monoisotopic (exact) mass is 522 g/mol. The topological polar surface area (TPSA) is 80.8 Å². The van der Waals surface area contributed by atoms with Crippen molar-refractivity contribution in [2.24, 2.45) is 0 Å². The molecule has 0 saturated carbocycles. The van der Waals surface area contributed by atoms with Gasteiger partial charge in [-0.3, -0.25) is 19.2 Å². The van der Waals surface area contributed by atoms with Crippen molar-refractivity contribution in [3.05, 3.63) is 57.5 Å². The fourth-order valence-corrected chi connectivity index (χ4v) is 5.50. The number of amides is 1. The fourth-order valence-electron chi connectivity index (χ4n) is 4.04. The second kappa shape index (κ2) is 10.5. The van der Waals surface area contributed by atoms with Gasteiger partial charge in [0, 0.05) is 31.2 Å². The zero-order valence-electron chi connectivity index (χ0n) is 18.5. The van der Waals surface area contributed by atoms with Gasteiger partial charge in [-0.1, -0.05) is 35.1 Å². The number of hydrogen-bond acceptors (Lipinski definition) is 7. The van der Waals surface area contributed by atoms with Gasteiger partial charge >= 0.3 is 5.76 Å². The van der Waals surface area contributed by atoms with E-state index in [-0.39, 0.29) is 24.9 Å². The number of rotatable bonds is 6. The predicted molar refractivity (Wildman–Crippen MR) is 137 cm³/mol.